The molecule has 0 spiro atoms. The minimum Gasteiger partial charge on any atom is -0.508 e. The molecule has 94 valence electrons. The Labute approximate surface area is 97.2 Å². The number of hydrogen-bond acceptors (Lipinski definition) is 2. The van der Waals surface area contributed by atoms with Gasteiger partial charge in [0, 0.05) is 5.54 Å². The predicted molar refractivity (Wildman–Crippen MR) is 57.4 cm³/mol. The molecule has 0 aliphatic heterocycles. The van der Waals surface area contributed by atoms with Crippen LogP contribution < -0.4 is 5.73 Å². The van der Waals surface area contributed by atoms with Gasteiger partial charge in [-0.2, -0.15) is 13.2 Å². The Morgan fingerprint density at radius 1 is 1.18 bits per heavy atom. The summed E-state index contributed by atoms with van der Waals surface area (Å²) in [6.45, 7) is 0. The van der Waals surface area contributed by atoms with Crippen LogP contribution in [0.2, 0.25) is 0 Å². The average Bonchev–Trinajstić information content (AvgIpc) is 2.64. The van der Waals surface area contributed by atoms with Crippen molar-refractivity contribution in [2.75, 3.05) is 0 Å². The Balaban J connectivity index is 2.53. The zero-order valence-electron chi connectivity index (χ0n) is 9.22. The zero-order valence-corrected chi connectivity index (χ0v) is 9.22. The lowest BCUT2D eigenvalue weighted by Crippen LogP contribution is -2.35. The molecule has 17 heavy (non-hydrogen) atoms. The maximum atomic E-state index is 12.9. The van der Waals surface area contributed by atoms with E-state index in [1.54, 1.807) is 0 Å². The van der Waals surface area contributed by atoms with E-state index in [1.807, 2.05) is 0 Å². The number of rotatable bonds is 1. The molecule has 1 aromatic rings. The first kappa shape index (κ1) is 12.2. The Morgan fingerprint density at radius 3 is 2.29 bits per heavy atom. The molecule has 3 N–H and O–H groups in total. The van der Waals surface area contributed by atoms with Crippen LogP contribution in [0.25, 0.3) is 0 Å². The highest BCUT2D eigenvalue weighted by Gasteiger charge is 2.41. The fourth-order valence-electron chi connectivity index (χ4n) is 2.48. The molecule has 2 rings (SSSR count). The highest BCUT2D eigenvalue weighted by atomic mass is 19.4. The summed E-state index contributed by atoms with van der Waals surface area (Å²) in [5.41, 5.74) is 4.42. The topological polar surface area (TPSA) is 46.2 Å². The van der Waals surface area contributed by atoms with Crippen LogP contribution in [-0.2, 0) is 11.7 Å². The lowest BCUT2D eigenvalue weighted by molar-refractivity contribution is -0.138. The Morgan fingerprint density at radius 2 is 1.76 bits per heavy atom. The second-order valence-electron chi connectivity index (χ2n) is 4.59. The van der Waals surface area contributed by atoms with Crippen molar-refractivity contribution < 1.29 is 18.3 Å². The molecular weight excluding hydrogens is 231 g/mol. The molecule has 2 nitrogen and oxygen atoms in total. The minimum absolute atomic E-state index is 0.0975. The van der Waals surface area contributed by atoms with Gasteiger partial charge in [-0.1, -0.05) is 18.9 Å². The van der Waals surface area contributed by atoms with E-state index in [1.165, 1.54) is 12.1 Å². The second-order valence-corrected chi connectivity index (χ2v) is 4.59. The third-order valence-electron chi connectivity index (χ3n) is 3.34. The molecule has 0 amide bonds. The van der Waals surface area contributed by atoms with Gasteiger partial charge in [-0.05, 0) is 30.5 Å². The monoisotopic (exact) mass is 245 g/mol. The molecule has 0 aromatic heterocycles. The fraction of sp³-hybridized carbons (Fsp3) is 0.500. The van der Waals surface area contributed by atoms with Gasteiger partial charge in [-0.25, -0.2) is 0 Å². The summed E-state index contributed by atoms with van der Waals surface area (Å²) in [5.74, 6) is -0.386. The maximum absolute atomic E-state index is 12.9. The van der Waals surface area contributed by atoms with Gasteiger partial charge >= 0.3 is 6.18 Å². The second kappa shape index (κ2) is 3.91. The van der Waals surface area contributed by atoms with E-state index < -0.39 is 17.3 Å². The first-order chi connectivity index (χ1) is 7.83. The van der Waals surface area contributed by atoms with Gasteiger partial charge in [-0.15, -0.1) is 0 Å². The highest BCUT2D eigenvalue weighted by molar-refractivity contribution is 5.41. The molecule has 0 atom stereocenters. The number of benzene rings is 1. The summed E-state index contributed by atoms with van der Waals surface area (Å²) in [6.07, 6.45) is -1.69. The number of alkyl halides is 3. The molecule has 0 unspecified atom stereocenters. The number of nitrogens with two attached hydrogens (primary N) is 1. The van der Waals surface area contributed by atoms with E-state index in [2.05, 4.69) is 0 Å². The van der Waals surface area contributed by atoms with E-state index in [9.17, 15) is 18.3 Å². The lowest BCUT2D eigenvalue weighted by Gasteiger charge is -2.27. The molecule has 0 radical (unpaired) electrons. The molecule has 0 saturated heterocycles. The molecule has 1 fully saturated rings. The minimum atomic E-state index is -4.48. The third kappa shape index (κ3) is 2.24. The van der Waals surface area contributed by atoms with Gasteiger partial charge in [-0.3, -0.25) is 0 Å². The van der Waals surface area contributed by atoms with Gasteiger partial charge in [0.2, 0.25) is 0 Å². The van der Waals surface area contributed by atoms with Crippen LogP contribution >= 0.6 is 0 Å². The lowest BCUT2D eigenvalue weighted by atomic mass is 9.85. The van der Waals surface area contributed by atoms with E-state index in [4.69, 9.17) is 5.73 Å². The molecule has 1 aromatic carbocycles. The van der Waals surface area contributed by atoms with Crippen molar-refractivity contribution in [2.24, 2.45) is 5.73 Å². The Kier molecular flexibility index (Phi) is 2.81. The number of aromatic hydroxyl groups is 1. The van der Waals surface area contributed by atoms with E-state index in [-0.39, 0.29) is 11.3 Å². The van der Waals surface area contributed by atoms with Crippen LogP contribution in [0.15, 0.2) is 18.2 Å². The molecule has 0 heterocycles. The van der Waals surface area contributed by atoms with Crippen molar-refractivity contribution in [3.63, 3.8) is 0 Å². The van der Waals surface area contributed by atoms with Crippen LogP contribution in [0, 0.1) is 0 Å². The number of hydrogen-bond donors (Lipinski definition) is 2. The summed E-state index contributed by atoms with van der Waals surface area (Å²) in [7, 11) is 0. The summed E-state index contributed by atoms with van der Waals surface area (Å²) >= 11 is 0. The first-order valence-electron chi connectivity index (χ1n) is 5.52. The summed E-state index contributed by atoms with van der Waals surface area (Å²) in [5, 5.41) is 9.19. The number of phenols is 1. The van der Waals surface area contributed by atoms with Crippen LogP contribution in [0.3, 0.4) is 0 Å². The van der Waals surface area contributed by atoms with Gasteiger partial charge < -0.3 is 10.8 Å². The molecule has 1 aliphatic rings. The van der Waals surface area contributed by atoms with Crippen molar-refractivity contribution in [3.05, 3.63) is 29.3 Å². The SMILES string of the molecule is NC1(c2ccc(O)cc2C(F)(F)F)CCCC1. The smallest absolute Gasteiger partial charge is 0.416 e. The van der Waals surface area contributed by atoms with Gasteiger partial charge in [0.05, 0.1) is 5.56 Å². The van der Waals surface area contributed by atoms with Crippen LogP contribution in [-0.4, -0.2) is 5.11 Å². The zero-order chi connectivity index (χ0) is 12.7. The van der Waals surface area contributed by atoms with Gasteiger partial charge in [0.15, 0.2) is 0 Å². The van der Waals surface area contributed by atoms with Crippen molar-refractivity contribution in [1.82, 2.24) is 0 Å². The van der Waals surface area contributed by atoms with Crippen molar-refractivity contribution >= 4 is 0 Å². The van der Waals surface area contributed by atoms with Gasteiger partial charge in [0.25, 0.3) is 0 Å². The van der Waals surface area contributed by atoms with Crippen LogP contribution in [0.4, 0.5) is 13.2 Å². The van der Waals surface area contributed by atoms with E-state index in [0.29, 0.717) is 12.8 Å². The summed E-state index contributed by atoms with van der Waals surface area (Å²) in [6, 6.07) is 3.31. The van der Waals surface area contributed by atoms with E-state index in [0.717, 1.165) is 18.9 Å². The number of halogens is 3. The maximum Gasteiger partial charge on any atom is 0.416 e. The van der Waals surface area contributed by atoms with Crippen molar-refractivity contribution in [2.45, 2.75) is 37.4 Å². The molecule has 1 saturated carbocycles. The molecular formula is C12H14F3NO. The van der Waals surface area contributed by atoms with E-state index >= 15 is 0 Å². The first-order valence-corrected chi connectivity index (χ1v) is 5.52. The van der Waals surface area contributed by atoms with Crippen molar-refractivity contribution in [1.29, 1.82) is 0 Å². The molecule has 1 aliphatic carbocycles. The molecule has 5 heteroatoms. The number of phenolic OH excluding ortho intramolecular Hbond substituents is 1. The van der Waals surface area contributed by atoms with Crippen molar-refractivity contribution in [3.8, 4) is 5.75 Å². The van der Waals surface area contributed by atoms with Crippen LogP contribution in [0.1, 0.15) is 36.8 Å². The third-order valence-corrected chi connectivity index (χ3v) is 3.34. The summed E-state index contributed by atoms with van der Waals surface area (Å²) < 4.78 is 38.7. The Hall–Kier alpha value is -1.23. The van der Waals surface area contributed by atoms with Crippen LogP contribution in [0.5, 0.6) is 5.75 Å². The predicted octanol–water partition coefficient (Wildman–Crippen LogP) is 3.14. The highest BCUT2D eigenvalue weighted by Crippen LogP contribution is 2.43. The molecule has 0 bridgehead atoms. The Bertz CT molecular complexity index is 422. The fourth-order valence-corrected chi connectivity index (χ4v) is 2.48. The summed E-state index contributed by atoms with van der Waals surface area (Å²) in [4.78, 5) is 0. The largest absolute Gasteiger partial charge is 0.508 e. The standard InChI is InChI=1S/C12H14F3NO/c13-12(14,15)10-7-8(17)3-4-9(10)11(16)5-1-2-6-11/h3-4,7,17H,1-2,5-6,16H2. The normalized spacial score (nSPS) is 19.5. The van der Waals surface area contributed by atoms with Gasteiger partial charge in [0.1, 0.15) is 5.75 Å². The quantitative estimate of drug-likeness (QED) is 0.798. The average molecular weight is 245 g/mol.